The highest BCUT2D eigenvalue weighted by atomic mass is 16.6. The van der Waals surface area contributed by atoms with Crippen LogP contribution in [0.1, 0.15) is 38.5 Å². The molecule has 2 fully saturated rings. The zero-order chi connectivity index (χ0) is 27.7. The lowest BCUT2D eigenvalue weighted by atomic mass is 9.78. The molecule has 4 heterocycles. The Kier molecular flexibility index (Phi) is 7.47. The first-order valence-electron chi connectivity index (χ1n) is 14.5. The average molecular weight is 545 g/mol. The van der Waals surface area contributed by atoms with Gasteiger partial charge in [-0.1, -0.05) is 54.6 Å². The van der Waals surface area contributed by atoms with Crippen molar-refractivity contribution in [1.29, 1.82) is 0 Å². The van der Waals surface area contributed by atoms with Crippen molar-refractivity contribution in [3.05, 3.63) is 66.8 Å². The molecule has 4 aliphatic heterocycles. The Morgan fingerprint density at radius 1 is 0.950 bits per heavy atom. The third-order valence-electron chi connectivity index (χ3n) is 8.70. The summed E-state index contributed by atoms with van der Waals surface area (Å²) >= 11 is 0. The van der Waals surface area contributed by atoms with Crippen molar-refractivity contribution >= 4 is 34.2 Å². The predicted octanol–water partition coefficient (Wildman–Crippen LogP) is 3.77. The van der Waals surface area contributed by atoms with E-state index in [9.17, 15) is 19.5 Å². The third kappa shape index (κ3) is 4.53. The highest BCUT2D eigenvalue weighted by Gasteiger charge is 2.71. The van der Waals surface area contributed by atoms with Crippen LogP contribution in [0.4, 0.5) is 5.69 Å². The summed E-state index contributed by atoms with van der Waals surface area (Å²) in [6.07, 6.45) is 11.5. The van der Waals surface area contributed by atoms with Crippen LogP contribution < -0.4 is 4.90 Å². The summed E-state index contributed by atoms with van der Waals surface area (Å²) in [4.78, 5) is 45.5. The largest absolute Gasteiger partial charge is 0.465 e. The second-order valence-corrected chi connectivity index (χ2v) is 11.1. The molecule has 1 N–H and O–H groups in total. The maximum absolute atomic E-state index is 14.5. The molecule has 5 atom stereocenters. The van der Waals surface area contributed by atoms with Crippen molar-refractivity contribution in [2.75, 3.05) is 31.2 Å². The first-order chi connectivity index (χ1) is 19.5. The van der Waals surface area contributed by atoms with Crippen LogP contribution in [0.25, 0.3) is 10.8 Å². The molecule has 2 aromatic carbocycles. The number of carbonyl (C=O) groups is 3. The van der Waals surface area contributed by atoms with E-state index in [1.165, 1.54) is 0 Å². The van der Waals surface area contributed by atoms with E-state index in [2.05, 4.69) is 0 Å². The van der Waals surface area contributed by atoms with Gasteiger partial charge in [-0.15, -0.1) is 0 Å². The van der Waals surface area contributed by atoms with E-state index in [1.54, 1.807) is 9.80 Å². The standard InChI is InChI=1S/C32H36N2O6/c35-19-8-3-7-17-34-28-30(37)33(24-15-14-22-11-5-6-12-23(22)21-24)18-10-16-32(28)27(29(34)36)26-25(40-32)13-4-1-2-9-20-39-31(26)38/h4-6,10-16,21,25-28,35H,1-3,7-9,17-20H2/b13-4-/t25-,26+,27-,28?,32-/m0/s1. The fourth-order valence-corrected chi connectivity index (χ4v) is 6.80. The lowest BCUT2D eigenvalue weighted by Gasteiger charge is -2.35. The zero-order valence-corrected chi connectivity index (χ0v) is 22.6. The summed E-state index contributed by atoms with van der Waals surface area (Å²) in [6, 6.07) is 13.0. The number of hydrogen-bond donors (Lipinski definition) is 1. The highest BCUT2D eigenvalue weighted by Crippen LogP contribution is 2.53. The van der Waals surface area contributed by atoms with Crippen molar-refractivity contribution in [3.8, 4) is 0 Å². The van der Waals surface area contributed by atoms with Gasteiger partial charge in [-0.25, -0.2) is 0 Å². The minimum Gasteiger partial charge on any atom is -0.465 e. The van der Waals surface area contributed by atoms with E-state index in [4.69, 9.17) is 9.47 Å². The second-order valence-electron chi connectivity index (χ2n) is 11.1. The maximum atomic E-state index is 14.5. The molecule has 0 radical (unpaired) electrons. The number of nitrogens with zero attached hydrogens (tertiary/aromatic N) is 2. The Morgan fingerprint density at radius 3 is 2.65 bits per heavy atom. The van der Waals surface area contributed by atoms with Crippen LogP contribution in [0.2, 0.25) is 0 Å². The summed E-state index contributed by atoms with van der Waals surface area (Å²) in [5, 5.41) is 11.4. The Bertz CT molecular complexity index is 1350. The van der Waals surface area contributed by atoms with E-state index >= 15 is 0 Å². The summed E-state index contributed by atoms with van der Waals surface area (Å²) in [7, 11) is 0. The van der Waals surface area contributed by atoms with Crippen LogP contribution in [0.3, 0.4) is 0 Å². The number of aliphatic hydroxyl groups excluding tert-OH is 1. The molecule has 4 aliphatic rings. The molecule has 0 aromatic heterocycles. The second kappa shape index (κ2) is 11.2. The van der Waals surface area contributed by atoms with Gasteiger partial charge in [0.05, 0.1) is 18.6 Å². The molecular formula is C32H36N2O6. The van der Waals surface area contributed by atoms with Crippen LogP contribution in [0, 0.1) is 11.8 Å². The van der Waals surface area contributed by atoms with Gasteiger partial charge < -0.3 is 24.4 Å². The molecule has 2 saturated heterocycles. The van der Waals surface area contributed by atoms with Gasteiger partial charge in [0.15, 0.2) is 0 Å². The lowest BCUT2D eigenvalue weighted by Crippen LogP contribution is -2.55. The smallest absolute Gasteiger partial charge is 0.312 e. The van der Waals surface area contributed by atoms with Gasteiger partial charge in [0.1, 0.15) is 17.6 Å². The van der Waals surface area contributed by atoms with Crippen molar-refractivity contribution in [2.45, 2.75) is 56.3 Å². The summed E-state index contributed by atoms with van der Waals surface area (Å²) in [5.41, 5.74) is -0.526. The fraction of sp³-hybridized carbons (Fsp3) is 0.469. The summed E-state index contributed by atoms with van der Waals surface area (Å²) in [6.45, 7) is 1.06. The van der Waals surface area contributed by atoms with E-state index in [1.807, 2.05) is 66.8 Å². The maximum Gasteiger partial charge on any atom is 0.312 e. The quantitative estimate of drug-likeness (QED) is 0.338. The van der Waals surface area contributed by atoms with Crippen LogP contribution in [-0.4, -0.2) is 71.8 Å². The highest BCUT2D eigenvalue weighted by molar-refractivity contribution is 6.06. The zero-order valence-electron chi connectivity index (χ0n) is 22.6. The minimum absolute atomic E-state index is 0.0758. The van der Waals surface area contributed by atoms with Gasteiger partial charge in [0.2, 0.25) is 5.91 Å². The van der Waals surface area contributed by atoms with Crippen molar-refractivity contribution in [3.63, 3.8) is 0 Å². The number of cyclic esters (lactones) is 1. The topological polar surface area (TPSA) is 96.4 Å². The molecule has 210 valence electrons. The van der Waals surface area contributed by atoms with E-state index in [0.717, 1.165) is 42.1 Å². The van der Waals surface area contributed by atoms with Crippen LogP contribution >= 0.6 is 0 Å². The number of likely N-dealkylation sites (tertiary alicyclic amines) is 1. The molecule has 1 spiro atoms. The predicted molar refractivity (Wildman–Crippen MR) is 150 cm³/mol. The molecule has 0 saturated carbocycles. The number of aliphatic hydroxyl groups is 1. The molecule has 0 aliphatic carbocycles. The van der Waals surface area contributed by atoms with Crippen LogP contribution in [-0.2, 0) is 23.9 Å². The number of carbonyl (C=O) groups excluding carboxylic acids is 3. The van der Waals surface area contributed by atoms with Gasteiger partial charge in [-0.05, 0) is 61.4 Å². The number of allylic oxidation sites excluding steroid dienone is 1. The molecule has 8 nitrogen and oxygen atoms in total. The SMILES string of the molecule is O=C1OCCCC/C=C\[C@@H]2O[C@]34C=CCN(c5ccc6ccccc6c5)C(=O)C3N(CCCCCO)C(=O)[C@@H]4[C@H]12. The Balaban J connectivity index is 1.41. The van der Waals surface area contributed by atoms with Gasteiger partial charge in [-0.2, -0.15) is 0 Å². The molecule has 8 heteroatoms. The molecule has 40 heavy (non-hydrogen) atoms. The summed E-state index contributed by atoms with van der Waals surface area (Å²) < 4.78 is 12.3. The Morgan fingerprint density at radius 2 is 1.80 bits per heavy atom. The number of rotatable bonds is 6. The van der Waals surface area contributed by atoms with Gasteiger partial charge in [0.25, 0.3) is 5.91 Å². The van der Waals surface area contributed by atoms with Gasteiger partial charge in [-0.3, -0.25) is 14.4 Å². The monoisotopic (exact) mass is 544 g/mol. The molecule has 2 aromatic rings. The minimum atomic E-state index is -1.27. The van der Waals surface area contributed by atoms with Crippen LogP contribution in [0.15, 0.2) is 66.8 Å². The van der Waals surface area contributed by atoms with Gasteiger partial charge >= 0.3 is 5.97 Å². The van der Waals surface area contributed by atoms with E-state index in [0.29, 0.717) is 32.5 Å². The number of fused-ring (bicyclic) bond motifs is 3. The normalized spacial score (nSPS) is 31.0. The first kappa shape index (κ1) is 26.7. The number of amides is 2. The third-order valence-corrected chi connectivity index (χ3v) is 8.70. The molecule has 6 rings (SSSR count). The molecular weight excluding hydrogens is 508 g/mol. The average Bonchev–Trinajstić information content (AvgIpc) is 3.35. The first-order valence-corrected chi connectivity index (χ1v) is 14.5. The van der Waals surface area contributed by atoms with Gasteiger partial charge in [0, 0.05) is 25.4 Å². The summed E-state index contributed by atoms with van der Waals surface area (Å²) in [5.74, 6) is -2.59. The van der Waals surface area contributed by atoms with Crippen molar-refractivity contribution in [1.82, 2.24) is 4.90 Å². The van der Waals surface area contributed by atoms with Crippen LogP contribution in [0.5, 0.6) is 0 Å². The number of esters is 1. The lowest BCUT2D eigenvalue weighted by molar-refractivity contribution is -0.154. The molecule has 0 bridgehead atoms. The number of benzene rings is 2. The van der Waals surface area contributed by atoms with Crippen molar-refractivity contribution < 1.29 is 29.0 Å². The molecule has 2 amide bonds. The number of ether oxygens (including phenoxy) is 2. The number of unbranched alkanes of at least 4 members (excludes halogenated alkanes) is 2. The van der Waals surface area contributed by atoms with E-state index < -0.39 is 35.6 Å². The van der Waals surface area contributed by atoms with Crippen molar-refractivity contribution in [2.24, 2.45) is 11.8 Å². The number of hydrogen-bond acceptors (Lipinski definition) is 6. The fourth-order valence-electron chi connectivity index (χ4n) is 6.80. The Hall–Kier alpha value is -3.49. The molecule has 1 unspecified atom stereocenters. The number of anilines is 1. The van der Waals surface area contributed by atoms with E-state index in [-0.39, 0.29) is 18.4 Å². The Labute approximate surface area is 234 Å².